The largest absolute Gasteiger partial charge is 0.324 e. The third-order valence-corrected chi connectivity index (χ3v) is 5.87. The van der Waals surface area contributed by atoms with E-state index in [4.69, 9.17) is 0 Å². The lowest BCUT2D eigenvalue weighted by molar-refractivity contribution is -0.119. The molecule has 1 atom stereocenters. The number of carbonyl (C=O) groups is 1. The molecule has 0 aliphatic heterocycles. The molecule has 0 aliphatic carbocycles. The molecule has 0 aliphatic rings. The summed E-state index contributed by atoms with van der Waals surface area (Å²) in [4.78, 5) is 26.6. The number of nitrogens with one attached hydrogen (secondary N) is 1. The summed E-state index contributed by atoms with van der Waals surface area (Å²) in [6.07, 6.45) is 0.456. The van der Waals surface area contributed by atoms with Crippen molar-refractivity contribution in [3.8, 4) is 0 Å². The minimum Gasteiger partial charge on any atom is -0.324 e. The summed E-state index contributed by atoms with van der Waals surface area (Å²) in [5.41, 5.74) is 6.28. The van der Waals surface area contributed by atoms with Crippen molar-refractivity contribution in [3.63, 3.8) is 0 Å². The highest BCUT2D eigenvalue weighted by Crippen LogP contribution is 2.25. The lowest BCUT2D eigenvalue weighted by atomic mass is 10.0. The molecule has 2 aromatic heterocycles. The zero-order valence-electron chi connectivity index (χ0n) is 18.9. The van der Waals surface area contributed by atoms with Gasteiger partial charge in [-0.2, -0.15) is 5.10 Å². The molecule has 2 heterocycles. The van der Waals surface area contributed by atoms with E-state index in [-0.39, 0.29) is 11.5 Å². The Kier molecular flexibility index (Phi) is 5.17. The molecule has 0 saturated heterocycles. The number of aromatic nitrogens is 3. The lowest BCUT2D eigenvalue weighted by Gasteiger charge is -2.20. The summed E-state index contributed by atoms with van der Waals surface area (Å²) < 4.78 is 3.21. The van der Waals surface area contributed by atoms with Gasteiger partial charge in [-0.3, -0.25) is 14.0 Å². The predicted octanol–water partition coefficient (Wildman–Crippen LogP) is 4.78. The average Bonchev–Trinajstić information content (AvgIpc) is 3.08. The van der Waals surface area contributed by atoms with Crippen molar-refractivity contribution in [2.75, 3.05) is 5.32 Å². The van der Waals surface area contributed by atoms with Crippen LogP contribution in [0.15, 0.2) is 41.2 Å². The second kappa shape index (κ2) is 7.69. The highest BCUT2D eigenvalue weighted by molar-refractivity contribution is 5.95. The van der Waals surface area contributed by atoms with Crippen LogP contribution in [0.4, 0.5) is 5.69 Å². The van der Waals surface area contributed by atoms with Gasteiger partial charge >= 0.3 is 0 Å². The van der Waals surface area contributed by atoms with Crippen molar-refractivity contribution < 1.29 is 4.79 Å². The van der Waals surface area contributed by atoms with Gasteiger partial charge in [0.1, 0.15) is 17.4 Å². The van der Waals surface area contributed by atoms with Gasteiger partial charge < -0.3 is 5.32 Å². The molecule has 0 radical (unpaired) electrons. The minimum atomic E-state index is -0.698. The lowest BCUT2D eigenvalue weighted by Crippen LogP contribution is -2.36. The Hall–Kier alpha value is -3.41. The first-order valence-corrected chi connectivity index (χ1v) is 10.6. The van der Waals surface area contributed by atoms with Crippen LogP contribution < -0.4 is 10.9 Å². The van der Waals surface area contributed by atoms with E-state index in [1.807, 2.05) is 76.3 Å². The molecule has 1 amide bonds. The van der Waals surface area contributed by atoms with Crippen molar-refractivity contribution in [1.82, 2.24) is 14.2 Å². The normalized spacial score (nSPS) is 12.5. The predicted molar refractivity (Wildman–Crippen MR) is 125 cm³/mol. The van der Waals surface area contributed by atoms with E-state index in [2.05, 4.69) is 16.5 Å². The van der Waals surface area contributed by atoms with Gasteiger partial charge in [-0.1, -0.05) is 36.2 Å². The number of nitrogens with zero attached hydrogens (tertiary/aromatic N) is 3. The number of aryl methyl sites for hydroxylation is 5. The van der Waals surface area contributed by atoms with E-state index < -0.39 is 6.04 Å². The molecule has 6 heteroatoms. The number of carbonyl (C=O) groups excluding carboxylic acids is 1. The summed E-state index contributed by atoms with van der Waals surface area (Å²) in [6, 6.07) is 11.3. The van der Waals surface area contributed by atoms with Crippen molar-refractivity contribution in [1.29, 1.82) is 0 Å². The number of fused-ring (bicyclic) bond motifs is 3. The van der Waals surface area contributed by atoms with Gasteiger partial charge in [0.15, 0.2) is 0 Å². The average molecular weight is 417 g/mol. The fourth-order valence-corrected chi connectivity index (χ4v) is 4.47. The second-order valence-electron chi connectivity index (χ2n) is 8.41. The number of anilines is 1. The second-order valence-corrected chi connectivity index (χ2v) is 8.41. The molecule has 160 valence electrons. The number of benzene rings is 2. The van der Waals surface area contributed by atoms with Gasteiger partial charge in [0.05, 0.1) is 5.52 Å². The Labute approximate surface area is 181 Å². The molecule has 4 rings (SSSR count). The SMILES string of the molecule is CC[C@@H](C(=O)Nc1c(C)cc(C)cc1C)n1nc(C)n2c(cc3cc(C)ccc32)c1=O. The fourth-order valence-electron chi connectivity index (χ4n) is 4.47. The highest BCUT2D eigenvalue weighted by Gasteiger charge is 2.24. The van der Waals surface area contributed by atoms with Crippen LogP contribution in [0.2, 0.25) is 0 Å². The zero-order chi connectivity index (χ0) is 22.4. The van der Waals surface area contributed by atoms with Gasteiger partial charge in [-0.25, -0.2) is 4.68 Å². The van der Waals surface area contributed by atoms with E-state index in [1.165, 1.54) is 4.68 Å². The molecular formula is C25H28N4O2. The van der Waals surface area contributed by atoms with Crippen LogP contribution in [-0.4, -0.2) is 20.1 Å². The van der Waals surface area contributed by atoms with Crippen LogP contribution >= 0.6 is 0 Å². The first-order chi connectivity index (χ1) is 14.7. The van der Waals surface area contributed by atoms with Crippen molar-refractivity contribution >= 4 is 28.0 Å². The molecular weight excluding hydrogens is 388 g/mol. The van der Waals surface area contributed by atoms with E-state index >= 15 is 0 Å². The zero-order valence-corrected chi connectivity index (χ0v) is 18.9. The number of hydrogen-bond donors (Lipinski definition) is 1. The van der Waals surface area contributed by atoms with Crippen LogP contribution in [0.5, 0.6) is 0 Å². The number of amides is 1. The van der Waals surface area contributed by atoms with E-state index in [9.17, 15) is 9.59 Å². The monoisotopic (exact) mass is 416 g/mol. The van der Waals surface area contributed by atoms with E-state index in [0.717, 1.165) is 38.8 Å². The van der Waals surface area contributed by atoms with Crippen LogP contribution in [0.25, 0.3) is 16.4 Å². The van der Waals surface area contributed by atoms with Gasteiger partial charge in [-0.05, 0) is 70.4 Å². The third-order valence-electron chi connectivity index (χ3n) is 5.87. The Morgan fingerprint density at radius 1 is 0.968 bits per heavy atom. The molecule has 31 heavy (non-hydrogen) atoms. The standard InChI is InChI=1S/C25H28N4O2/c1-7-20(24(30)26-23-16(4)10-15(3)11-17(23)5)29-25(31)22-13-19-12-14(2)8-9-21(19)28(22)18(6)27-29/h8-13,20H,7H2,1-6H3,(H,26,30)/t20-/m0/s1. The Morgan fingerprint density at radius 2 is 1.65 bits per heavy atom. The Balaban J connectivity index is 1.81. The smallest absolute Gasteiger partial charge is 0.291 e. The first-order valence-electron chi connectivity index (χ1n) is 10.6. The quantitative estimate of drug-likeness (QED) is 0.520. The maximum absolute atomic E-state index is 13.4. The van der Waals surface area contributed by atoms with Crippen LogP contribution in [0.3, 0.4) is 0 Å². The maximum Gasteiger partial charge on any atom is 0.291 e. The van der Waals surface area contributed by atoms with Gasteiger partial charge in [0.2, 0.25) is 5.91 Å². The minimum absolute atomic E-state index is 0.233. The first kappa shape index (κ1) is 20.8. The number of rotatable bonds is 4. The van der Waals surface area contributed by atoms with Crippen LogP contribution in [0, 0.1) is 34.6 Å². The van der Waals surface area contributed by atoms with E-state index in [0.29, 0.717) is 17.8 Å². The van der Waals surface area contributed by atoms with Crippen LogP contribution in [0.1, 0.15) is 47.5 Å². The molecule has 2 aromatic carbocycles. The molecule has 0 unspecified atom stereocenters. The summed E-state index contributed by atoms with van der Waals surface area (Å²) >= 11 is 0. The molecule has 6 nitrogen and oxygen atoms in total. The topological polar surface area (TPSA) is 68.4 Å². The number of hydrogen-bond acceptors (Lipinski definition) is 3. The summed E-state index contributed by atoms with van der Waals surface area (Å²) in [5, 5.41) is 8.57. The van der Waals surface area contributed by atoms with Crippen molar-refractivity contribution in [2.24, 2.45) is 0 Å². The fraction of sp³-hybridized carbons (Fsp3) is 0.320. The maximum atomic E-state index is 13.4. The Morgan fingerprint density at radius 3 is 2.29 bits per heavy atom. The van der Waals surface area contributed by atoms with Crippen LogP contribution in [-0.2, 0) is 4.79 Å². The highest BCUT2D eigenvalue weighted by atomic mass is 16.2. The van der Waals surface area contributed by atoms with Crippen molar-refractivity contribution in [2.45, 2.75) is 54.0 Å². The van der Waals surface area contributed by atoms with Crippen molar-refractivity contribution in [3.05, 3.63) is 74.8 Å². The van der Waals surface area contributed by atoms with Gasteiger partial charge in [0, 0.05) is 11.1 Å². The molecule has 1 N–H and O–H groups in total. The Bertz CT molecular complexity index is 1370. The van der Waals surface area contributed by atoms with Gasteiger partial charge in [0.25, 0.3) is 5.56 Å². The summed E-state index contributed by atoms with van der Waals surface area (Å²) in [5.74, 6) is 0.435. The molecule has 0 spiro atoms. The molecule has 0 bridgehead atoms. The van der Waals surface area contributed by atoms with E-state index in [1.54, 1.807) is 0 Å². The third kappa shape index (κ3) is 3.52. The summed E-state index contributed by atoms with van der Waals surface area (Å²) in [6.45, 7) is 11.8. The summed E-state index contributed by atoms with van der Waals surface area (Å²) in [7, 11) is 0. The molecule has 0 saturated carbocycles. The molecule has 4 aromatic rings. The molecule has 0 fully saturated rings. The van der Waals surface area contributed by atoms with Gasteiger partial charge in [-0.15, -0.1) is 0 Å².